The molecule has 1 aromatic heterocycles. The minimum atomic E-state index is 0.667. The van der Waals surface area contributed by atoms with E-state index in [2.05, 4.69) is 24.3 Å². The minimum absolute atomic E-state index is 0.667. The van der Waals surface area contributed by atoms with Gasteiger partial charge in [0.15, 0.2) is 0 Å². The zero-order valence-electron chi connectivity index (χ0n) is 13.2. The van der Waals surface area contributed by atoms with Gasteiger partial charge in [0.05, 0.1) is 0 Å². The maximum atomic E-state index is 6.15. The first kappa shape index (κ1) is 14.5. The standard InChI is InChI=1S/C22H17NO/c1-4-10-17(11-5-1)16-20-21(18-12-6-2-7-13-18)23-22(24-20)19-14-8-3-9-15-19/h1-15H,16H2. The van der Waals surface area contributed by atoms with Crippen molar-refractivity contribution in [1.29, 1.82) is 0 Å². The van der Waals surface area contributed by atoms with Gasteiger partial charge in [0.1, 0.15) is 11.5 Å². The van der Waals surface area contributed by atoms with Gasteiger partial charge in [0.2, 0.25) is 5.89 Å². The molecular weight excluding hydrogens is 294 g/mol. The minimum Gasteiger partial charge on any atom is -0.440 e. The summed E-state index contributed by atoms with van der Waals surface area (Å²) >= 11 is 0. The van der Waals surface area contributed by atoms with Gasteiger partial charge in [0.25, 0.3) is 0 Å². The highest BCUT2D eigenvalue weighted by molar-refractivity contribution is 5.66. The SMILES string of the molecule is c1ccc(Cc2oc(-c3ccccc3)nc2-c2ccccc2)cc1. The van der Waals surface area contributed by atoms with Crippen molar-refractivity contribution in [1.82, 2.24) is 4.98 Å². The Morgan fingerprint density at radius 1 is 0.625 bits per heavy atom. The second-order valence-electron chi connectivity index (χ2n) is 5.69. The van der Waals surface area contributed by atoms with Crippen molar-refractivity contribution in [3.63, 3.8) is 0 Å². The normalized spacial score (nSPS) is 10.7. The maximum absolute atomic E-state index is 6.15. The summed E-state index contributed by atoms with van der Waals surface area (Å²) in [6.45, 7) is 0. The van der Waals surface area contributed by atoms with Gasteiger partial charge in [-0.25, -0.2) is 4.98 Å². The predicted molar refractivity (Wildman–Crippen MR) is 96.6 cm³/mol. The molecule has 0 atom stereocenters. The van der Waals surface area contributed by atoms with Crippen LogP contribution in [0.1, 0.15) is 11.3 Å². The summed E-state index contributed by atoms with van der Waals surface area (Å²) in [5.41, 5.74) is 4.20. The summed E-state index contributed by atoms with van der Waals surface area (Å²) < 4.78 is 6.15. The molecule has 4 aromatic rings. The zero-order chi connectivity index (χ0) is 16.2. The van der Waals surface area contributed by atoms with Crippen LogP contribution in [0.5, 0.6) is 0 Å². The van der Waals surface area contributed by atoms with Crippen LogP contribution in [0.25, 0.3) is 22.7 Å². The summed E-state index contributed by atoms with van der Waals surface area (Å²) in [4.78, 5) is 4.78. The Labute approximate surface area is 141 Å². The molecule has 2 nitrogen and oxygen atoms in total. The largest absolute Gasteiger partial charge is 0.440 e. The van der Waals surface area contributed by atoms with Gasteiger partial charge in [-0.1, -0.05) is 78.9 Å². The summed E-state index contributed by atoms with van der Waals surface area (Å²) in [6, 6.07) is 30.6. The summed E-state index contributed by atoms with van der Waals surface area (Å²) in [7, 11) is 0. The van der Waals surface area contributed by atoms with Crippen LogP contribution in [0.2, 0.25) is 0 Å². The lowest BCUT2D eigenvalue weighted by atomic mass is 10.1. The highest BCUT2D eigenvalue weighted by atomic mass is 16.4. The van der Waals surface area contributed by atoms with Crippen LogP contribution in [-0.2, 0) is 6.42 Å². The van der Waals surface area contributed by atoms with Crippen molar-refractivity contribution in [2.45, 2.75) is 6.42 Å². The molecule has 0 bridgehead atoms. The van der Waals surface area contributed by atoms with E-state index in [0.29, 0.717) is 5.89 Å². The van der Waals surface area contributed by atoms with E-state index in [1.807, 2.05) is 66.7 Å². The Morgan fingerprint density at radius 3 is 1.79 bits per heavy atom. The first-order chi connectivity index (χ1) is 11.9. The lowest BCUT2D eigenvalue weighted by molar-refractivity contribution is 0.530. The third-order valence-electron chi connectivity index (χ3n) is 3.97. The lowest BCUT2D eigenvalue weighted by Crippen LogP contribution is -1.89. The predicted octanol–water partition coefficient (Wildman–Crippen LogP) is 5.60. The van der Waals surface area contributed by atoms with E-state index in [-0.39, 0.29) is 0 Å². The number of benzene rings is 3. The Balaban J connectivity index is 1.80. The Bertz CT molecular complexity index is 912. The summed E-state index contributed by atoms with van der Waals surface area (Å²) in [6.07, 6.45) is 0.727. The second-order valence-corrected chi connectivity index (χ2v) is 5.69. The van der Waals surface area contributed by atoms with E-state index in [9.17, 15) is 0 Å². The number of hydrogen-bond donors (Lipinski definition) is 0. The summed E-state index contributed by atoms with van der Waals surface area (Å²) in [5.74, 6) is 1.56. The van der Waals surface area contributed by atoms with Crippen molar-refractivity contribution < 1.29 is 4.42 Å². The average Bonchev–Trinajstić information content (AvgIpc) is 3.08. The van der Waals surface area contributed by atoms with Crippen molar-refractivity contribution >= 4 is 0 Å². The molecule has 0 aliphatic heterocycles. The molecule has 0 saturated carbocycles. The van der Waals surface area contributed by atoms with Gasteiger partial charge >= 0.3 is 0 Å². The number of nitrogens with zero attached hydrogens (tertiary/aromatic N) is 1. The molecule has 0 fully saturated rings. The monoisotopic (exact) mass is 311 g/mol. The molecule has 0 N–H and O–H groups in total. The maximum Gasteiger partial charge on any atom is 0.226 e. The first-order valence-electron chi connectivity index (χ1n) is 8.04. The molecule has 2 heteroatoms. The molecule has 0 unspecified atom stereocenters. The molecule has 0 aliphatic carbocycles. The Hall–Kier alpha value is -3.13. The molecule has 4 rings (SSSR count). The van der Waals surface area contributed by atoms with Gasteiger partial charge in [-0.15, -0.1) is 0 Å². The average molecular weight is 311 g/mol. The van der Waals surface area contributed by atoms with E-state index >= 15 is 0 Å². The van der Waals surface area contributed by atoms with Gasteiger partial charge < -0.3 is 4.42 Å². The fourth-order valence-corrected chi connectivity index (χ4v) is 2.78. The smallest absolute Gasteiger partial charge is 0.226 e. The van der Waals surface area contributed by atoms with Crippen LogP contribution in [0.15, 0.2) is 95.4 Å². The van der Waals surface area contributed by atoms with E-state index in [4.69, 9.17) is 9.40 Å². The number of hydrogen-bond acceptors (Lipinski definition) is 2. The molecule has 0 amide bonds. The fraction of sp³-hybridized carbons (Fsp3) is 0.0455. The number of oxazole rings is 1. The van der Waals surface area contributed by atoms with Crippen LogP contribution < -0.4 is 0 Å². The quantitative estimate of drug-likeness (QED) is 0.490. The van der Waals surface area contributed by atoms with Crippen LogP contribution in [-0.4, -0.2) is 4.98 Å². The van der Waals surface area contributed by atoms with Crippen molar-refractivity contribution in [2.75, 3.05) is 0 Å². The molecule has 0 saturated heterocycles. The molecule has 116 valence electrons. The van der Waals surface area contributed by atoms with E-state index in [1.54, 1.807) is 0 Å². The number of rotatable bonds is 4. The topological polar surface area (TPSA) is 26.0 Å². The molecule has 0 spiro atoms. The third-order valence-corrected chi connectivity index (χ3v) is 3.97. The molecule has 3 aromatic carbocycles. The number of aromatic nitrogens is 1. The van der Waals surface area contributed by atoms with Crippen LogP contribution in [0.3, 0.4) is 0 Å². The highest BCUT2D eigenvalue weighted by Crippen LogP contribution is 2.30. The van der Waals surface area contributed by atoms with Crippen molar-refractivity contribution in [3.8, 4) is 22.7 Å². The van der Waals surface area contributed by atoms with Gasteiger partial charge in [-0.2, -0.15) is 0 Å². The highest BCUT2D eigenvalue weighted by Gasteiger charge is 2.16. The van der Waals surface area contributed by atoms with Gasteiger partial charge in [-0.3, -0.25) is 0 Å². The van der Waals surface area contributed by atoms with Crippen LogP contribution in [0.4, 0.5) is 0 Å². The molecular formula is C22H17NO. The molecule has 24 heavy (non-hydrogen) atoms. The van der Waals surface area contributed by atoms with Crippen LogP contribution >= 0.6 is 0 Å². The van der Waals surface area contributed by atoms with Gasteiger partial charge in [-0.05, 0) is 17.7 Å². The lowest BCUT2D eigenvalue weighted by Gasteiger charge is -2.01. The fourth-order valence-electron chi connectivity index (χ4n) is 2.78. The van der Waals surface area contributed by atoms with Crippen molar-refractivity contribution in [2.24, 2.45) is 0 Å². The van der Waals surface area contributed by atoms with Crippen LogP contribution in [0, 0.1) is 0 Å². The molecule has 0 radical (unpaired) electrons. The Kier molecular flexibility index (Phi) is 3.95. The van der Waals surface area contributed by atoms with E-state index in [1.165, 1.54) is 5.56 Å². The second kappa shape index (κ2) is 6.55. The van der Waals surface area contributed by atoms with Gasteiger partial charge in [0, 0.05) is 17.5 Å². The van der Waals surface area contributed by atoms with E-state index in [0.717, 1.165) is 29.0 Å². The third kappa shape index (κ3) is 2.99. The van der Waals surface area contributed by atoms with Crippen molar-refractivity contribution in [3.05, 3.63) is 102 Å². The Morgan fingerprint density at radius 2 is 1.17 bits per heavy atom. The molecule has 0 aliphatic rings. The summed E-state index contributed by atoms with van der Waals surface area (Å²) in [5, 5.41) is 0. The zero-order valence-corrected chi connectivity index (χ0v) is 13.2. The van der Waals surface area contributed by atoms with E-state index < -0.39 is 0 Å². The first-order valence-corrected chi connectivity index (χ1v) is 8.04. The molecule has 1 heterocycles.